The molecule has 0 aliphatic heterocycles. The topological polar surface area (TPSA) is 35.5 Å². The molecule has 108 valence electrons. The summed E-state index contributed by atoms with van der Waals surface area (Å²) in [6.45, 7) is 3.96. The summed E-state index contributed by atoms with van der Waals surface area (Å²) in [7, 11) is -2.57. The smallest absolute Gasteiger partial charge is 0.418 e. The first-order valence-corrected chi connectivity index (χ1v) is 8.02. The number of aryl methyl sites for hydroxylation is 2. The lowest BCUT2D eigenvalue weighted by molar-refractivity contribution is 0.415. The molecule has 0 radical (unpaired) electrons. The average molecular weight is 313 g/mol. The summed E-state index contributed by atoms with van der Waals surface area (Å²) in [5.74, 6) is 1.10. The minimum Gasteiger partial charge on any atom is -0.418 e. The quantitative estimate of drug-likeness (QED) is 0.588. The molecule has 0 saturated carbocycles. The van der Waals surface area contributed by atoms with Gasteiger partial charge in [-0.1, -0.05) is 35.4 Å². The van der Waals surface area contributed by atoms with Crippen LogP contribution >= 0.6 is 19.9 Å². The van der Waals surface area contributed by atoms with Crippen molar-refractivity contribution in [2.45, 2.75) is 13.8 Å². The van der Waals surface area contributed by atoms with Crippen molar-refractivity contribution in [3.05, 3.63) is 59.7 Å². The molecule has 2 aromatic carbocycles. The minimum atomic E-state index is -2.57. The van der Waals surface area contributed by atoms with Gasteiger partial charge >= 0.3 is 8.25 Å². The van der Waals surface area contributed by atoms with E-state index < -0.39 is 8.25 Å². The Kier molecular flexibility index (Phi) is 7.21. The van der Waals surface area contributed by atoms with Gasteiger partial charge in [0.1, 0.15) is 11.5 Å². The van der Waals surface area contributed by atoms with Crippen LogP contribution in [0.4, 0.5) is 0 Å². The first-order valence-electron chi connectivity index (χ1n) is 6.04. The lowest BCUT2D eigenvalue weighted by atomic mass is 10.2. The SMILES string of the molecule is CCl.Cc1ccc(O[PH](=O)Oc2ccc(C)cc2)cc1. The molecule has 0 amide bonds. The van der Waals surface area contributed by atoms with Crippen molar-refractivity contribution in [3.63, 3.8) is 0 Å². The van der Waals surface area contributed by atoms with Gasteiger partial charge in [-0.25, -0.2) is 4.57 Å². The number of hydrogen-bond acceptors (Lipinski definition) is 3. The second-order valence-electron chi connectivity index (χ2n) is 4.08. The zero-order chi connectivity index (χ0) is 15.0. The second-order valence-corrected chi connectivity index (χ2v) is 4.99. The number of alkyl halides is 1. The lowest BCUT2D eigenvalue weighted by Crippen LogP contribution is -1.89. The van der Waals surface area contributed by atoms with Crippen molar-refractivity contribution in [2.75, 3.05) is 6.38 Å². The Morgan fingerprint density at radius 1 is 0.750 bits per heavy atom. The highest BCUT2D eigenvalue weighted by Gasteiger charge is 2.03. The Morgan fingerprint density at radius 2 is 1.05 bits per heavy atom. The van der Waals surface area contributed by atoms with E-state index >= 15 is 0 Å². The summed E-state index contributed by atoms with van der Waals surface area (Å²) < 4.78 is 22.1. The van der Waals surface area contributed by atoms with Crippen LogP contribution in [0, 0.1) is 13.8 Å². The normalized spacial score (nSPS) is 9.65. The van der Waals surface area contributed by atoms with Crippen molar-refractivity contribution in [2.24, 2.45) is 0 Å². The monoisotopic (exact) mass is 312 g/mol. The van der Waals surface area contributed by atoms with Gasteiger partial charge in [-0.05, 0) is 38.1 Å². The third-order valence-corrected chi connectivity index (χ3v) is 3.25. The molecule has 0 unspecified atom stereocenters. The van der Waals surface area contributed by atoms with E-state index in [1.54, 1.807) is 24.3 Å². The summed E-state index contributed by atoms with van der Waals surface area (Å²) in [6, 6.07) is 14.7. The predicted octanol–water partition coefficient (Wildman–Crippen LogP) is 5.01. The third-order valence-electron chi connectivity index (χ3n) is 2.44. The first-order chi connectivity index (χ1) is 9.63. The van der Waals surface area contributed by atoms with E-state index in [0.717, 1.165) is 11.1 Å². The van der Waals surface area contributed by atoms with Crippen LogP contribution in [0.3, 0.4) is 0 Å². The van der Waals surface area contributed by atoms with Crippen LogP contribution in [0.2, 0.25) is 0 Å². The molecule has 0 spiro atoms. The second kappa shape index (κ2) is 8.68. The molecule has 2 rings (SSSR count). The molecule has 0 aliphatic rings. The number of hydrogen-bond donors (Lipinski definition) is 0. The van der Waals surface area contributed by atoms with Gasteiger partial charge in [0.2, 0.25) is 0 Å². The fourth-order valence-corrected chi connectivity index (χ4v) is 2.12. The van der Waals surface area contributed by atoms with Gasteiger partial charge in [0.25, 0.3) is 0 Å². The van der Waals surface area contributed by atoms with Gasteiger partial charge in [0, 0.05) is 6.38 Å². The summed E-state index contributed by atoms with van der Waals surface area (Å²) in [5.41, 5.74) is 2.25. The van der Waals surface area contributed by atoms with Gasteiger partial charge < -0.3 is 9.05 Å². The molecule has 0 N–H and O–H groups in total. The van der Waals surface area contributed by atoms with Gasteiger partial charge in [-0.2, -0.15) is 0 Å². The molecule has 0 aliphatic carbocycles. The van der Waals surface area contributed by atoms with Crippen molar-refractivity contribution in [1.29, 1.82) is 0 Å². The van der Waals surface area contributed by atoms with E-state index in [1.807, 2.05) is 38.1 Å². The van der Waals surface area contributed by atoms with Gasteiger partial charge in [-0.15, -0.1) is 11.6 Å². The Balaban J connectivity index is 0.000000956. The Labute approximate surface area is 125 Å². The third kappa shape index (κ3) is 5.68. The van der Waals surface area contributed by atoms with Gasteiger partial charge in [-0.3, -0.25) is 0 Å². The van der Waals surface area contributed by atoms with Crippen LogP contribution < -0.4 is 9.05 Å². The maximum Gasteiger partial charge on any atom is 0.418 e. The van der Waals surface area contributed by atoms with Crippen LogP contribution in [0.15, 0.2) is 48.5 Å². The van der Waals surface area contributed by atoms with Crippen molar-refractivity contribution in [3.8, 4) is 11.5 Å². The molecule has 0 heterocycles. The molecule has 2 aromatic rings. The molecule has 20 heavy (non-hydrogen) atoms. The lowest BCUT2D eigenvalue weighted by Gasteiger charge is -2.08. The van der Waals surface area contributed by atoms with E-state index in [-0.39, 0.29) is 0 Å². The van der Waals surface area contributed by atoms with E-state index in [9.17, 15) is 4.57 Å². The maximum atomic E-state index is 11.7. The zero-order valence-electron chi connectivity index (χ0n) is 11.7. The molecule has 3 nitrogen and oxygen atoms in total. The summed E-state index contributed by atoms with van der Waals surface area (Å²) >= 11 is 4.64. The van der Waals surface area contributed by atoms with Crippen LogP contribution in [0.1, 0.15) is 11.1 Å². The van der Waals surface area contributed by atoms with Crippen LogP contribution in [-0.2, 0) is 4.57 Å². The molecular weight excluding hydrogens is 295 g/mol. The van der Waals surface area contributed by atoms with E-state index in [2.05, 4.69) is 11.6 Å². The summed E-state index contributed by atoms with van der Waals surface area (Å²) in [6.07, 6.45) is 1.47. The minimum absolute atomic E-state index is 0.552. The standard InChI is InChI=1S/C14H15O3P.CH3Cl/c1-11-3-7-13(8-4-11)16-18(15)17-14-9-5-12(2)6-10-14;1-2/h3-10,18H,1-2H3;1H3. The summed E-state index contributed by atoms with van der Waals surface area (Å²) in [4.78, 5) is 0. The molecule has 0 fully saturated rings. The molecule has 5 heteroatoms. The molecule has 0 atom stereocenters. The fourth-order valence-electron chi connectivity index (χ4n) is 1.43. The maximum absolute atomic E-state index is 11.7. The fraction of sp³-hybridized carbons (Fsp3) is 0.200. The van der Waals surface area contributed by atoms with Crippen LogP contribution in [0.25, 0.3) is 0 Å². The number of benzene rings is 2. The molecule has 0 aromatic heterocycles. The van der Waals surface area contributed by atoms with Crippen LogP contribution in [0.5, 0.6) is 11.5 Å². The average Bonchev–Trinajstić information content (AvgIpc) is 2.46. The Bertz CT molecular complexity index is 489. The van der Waals surface area contributed by atoms with Crippen molar-refractivity contribution in [1.82, 2.24) is 0 Å². The number of rotatable bonds is 4. The van der Waals surface area contributed by atoms with E-state index in [0.29, 0.717) is 11.5 Å². The zero-order valence-corrected chi connectivity index (χ0v) is 13.5. The molecule has 0 saturated heterocycles. The Hall–Kier alpha value is -1.44. The van der Waals surface area contributed by atoms with Crippen molar-refractivity contribution >= 4 is 19.9 Å². The molecular formula is C15H18ClO3P. The van der Waals surface area contributed by atoms with Gasteiger partial charge in [0.05, 0.1) is 0 Å². The van der Waals surface area contributed by atoms with Crippen molar-refractivity contribution < 1.29 is 13.6 Å². The van der Waals surface area contributed by atoms with Gasteiger partial charge in [0.15, 0.2) is 0 Å². The summed E-state index contributed by atoms with van der Waals surface area (Å²) in [5, 5.41) is 0. The first kappa shape index (κ1) is 16.6. The highest BCUT2D eigenvalue weighted by Crippen LogP contribution is 2.30. The predicted molar refractivity (Wildman–Crippen MR) is 84.4 cm³/mol. The highest BCUT2D eigenvalue weighted by molar-refractivity contribution is 7.34. The highest BCUT2D eigenvalue weighted by atomic mass is 35.5. The van der Waals surface area contributed by atoms with E-state index in [4.69, 9.17) is 9.05 Å². The number of halogens is 1. The molecule has 0 bridgehead atoms. The van der Waals surface area contributed by atoms with Crippen LogP contribution in [-0.4, -0.2) is 6.38 Å². The largest absolute Gasteiger partial charge is 0.418 e. The van der Waals surface area contributed by atoms with E-state index in [1.165, 1.54) is 6.38 Å². The Morgan fingerprint density at radius 3 is 1.35 bits per heavy atom.